The van der Waals surface area contributed by atoms with Crippen molar-refractivity contribution >= 4 is 34.3 Å². The van der Waals surface area contributed by atoms with Crippen LogP contribution >= 0.6 is 11.8 Å². The molecule has 10 heteroatoms. The number of amides is 2. The maximum atomic E-state index is 12.4. The lowest BCUT2D eigenvalue weighted by molar-refractivity contribution is 0.0996. The minimum absolute atomic E-state index is 0.127. The Hall–Kier alpha value is -3.79. The molecule has 0 aliphatic carbocycles. The van der Waals surface area contributed by atoms with Crippen LogP contribution in [-0.2, 0) is 6.54 Å². The van der Waals surface area contributed by atoms with Gasteiger partial charge >= 0.3 is 5.24 Å². The van der Waals surface area contributed by atoms with Gasteiger partial charge in [-0.15, -0.1) is 0 Å². The molecule has 9 nitrogen and oxygen atoms in total. The van der Waals surface area contributed by atoms with Crippen molar-refractivity contribution in [3.8, 4) is 11.5 Å². The molecule has 0 unspecified atom stereocenters. The Labute approximate surface area is 188 Å². The number of oxazole rings is 1. The Bertz CT molecular complexity index is 1150. The second-order valence-corrected chi connectivity index (χ2v) is 7.67. The van der Waals surface area contributed by atoms with E-state index in [1.807, 2.05) is 30.3 Å². The largest absolute Gasteiger partial charge is 0.493 e. The monoisotopic (exact) mass is 452 g/mol. The summed E-state index contributed by atoms with van der Waals surface area (Å²) < 4.78 is 15.6. The summed E-state index contributed by atoms with van der Waals surface area (Å²) in [6, 6.07) is 12.7. The van der Waals surface area contributed by atoms with Gasteiger partial charge < -0.3 is 19.2 Å². The van der Waals surface area contributed by atoms with Gasteiger partial charge in [-0.25, -0.2) is 9.99 Å². The number of thioether (sulfide) groups is 1. The molecule has 164 valence electrons. The van der Waals surface area contributed by atoms with E-state index in [0.717, 1.165) is 16.8 Å². The van der Waals surface area contributed by atoms with Crippen LogP contribution in [-0.4, -0.2) is 46.8 Å². The summed E-state index contributed by atoms with van der Waals surface area (Å²) in [6.45, 7) is 0.305. The number of carbonyl (C=O) groups is 2. The van der Waals surface area contributed by atoms with Gasteiger partial charge in [0.15, 0.2) is 17.9 Å². The van der Waals surface area contributed by atoms with Crippen molar-refractivity contribution in [2.45, 2.75) is 6.54 Å². The minimum atomic E-state index is -0.387. The maximum Gasteiger partial charge on any atom is 0.302 e. The summed E-state index contributed by atoms with van der Waals surface area (Å²) in [4.78, 5) is 28.2. The topological polar surface area (TPSA) is 106 Å². The fourth-order valence-electron chi connectivity index (χ4n) is 3.06. The Morgan fingerprint density at radius 1 is 1.16 bits per heavy atom. The first kappa shape index (κ1) is 21.4. The van der Waals surface area contributed by atoms with E-state index < -0.39 is 0 Å². The second-order valence-electron chi connectivity index (χ2n) is 6.75. The maximum absolute atomic E-state index is 12.4. The van der Waals surface area contributed by atoms with Crippen molar-refractivity contribution in [3.63, 3.8) is 0 Å². The van der Waals surface area contributed by atoms with Crippen molar-refractivity contribution in [2.75, 3.05) is 25.3 Å². The van der Waals surface area contributed by atoms with E-state index in [0.29, 0.717) is 29.5 Å². The van der Waals surface area contributed by atoms with Crippen LogP contribution in [0, 0.1) is 0 Å². The van der Waals surface area contributed by atoms with Gasteiger partial charge in [0, 0.05) is 17.0 Å². The summed E-state index contributed by atoms with van der Waals surface area (Å²) >= 11 is 1.19. The molecule has 4 rings (SSSR count). The standard InChI is InChI=1S/C22H20N4O5S/c1-29-18-8-5-15(9-19(18)30-2)17-12-32-22(28)26(25-17)11-14-3-6-16(7-4-14)24-21(27)20-10-23-13-31-20/h3-10,13H,11-12H2,1-2H3,(H,24,27). The molecule has 1 aromatic heterocycles. The number of aromatic nitrogens is 1. The van der Waals surface area contributed by atoms with Crippen LogP contribution in [0.5, 0.6) is 11.5 Å². The number of ether oxygens (including phenoxy) is 2. The molecule has 1 aliphatic heterocycles. The highest BCUT2D eigenvalue weighted by Gasteiger charge is 2.23. The van der Waals surface area contributed by atoms with Crippen molar-refractivity contribution in [1.82, 2.24) is 9.99 Å². The third-order valence-corrected chi connectivity index (χ3v) is 5.58. The normalized spacial score (nSPS) is 13.5. The predicted molar refractivity (Wildman–Crippen MR) is 120 cm³/mol. The summed E-state index contributed by atoms with van der Waals surface area (Å²) in [6.07, 6.45) is 2.54. The van der Waals surface area contributed by atoms with Gasteiger partial charge in [-0.1, -0.05) is 23.9 Å². The van der Waals surface area contributed by atoms with E-state index in [9.17, 15) is 9.59 Å². The zero-order valence-corrected chi connectivity index (χ0v) is 18.2. The van der Waals surface area contributed by atoms with Crippen LogP contribution in [0.3, 0.4) is 0 Å². The van der Waals surface area contributed by atoms with E-state index in [4.69, 9.17) is 13.9 Å². The van der Waals surface area contributed by atoms with Gasteiger partial charge in [-0.3, -0.25) is 9.59 Å². The summed E-state index contributed by atoms with van der Waals surface area (Å²) in [5.41, 5.74) is 3.10. The predicted octanol–water partition coefficient (Wildman–Crippen LogP) is 4.02. The smallest absolute Gasteiger partial charge is 0.302 e. The molecule has 0 bridgehead atoms. The number of hydrogen-bond acceptors (Lipinski definition) is 8. The molecular weight excluding hydrogens is 432 g/mol. The fourth-order valence-corrected chi connectivity index (χ4v) is 3.80. The van der Waals surface area contributed by atoms with Crippen molar-refractivity contribution in [3.05, 3.63) is 71.9 Å². The highest BCUT2D eigenvalue weighted by Crippen LogP contribution is 2.30. The highest BCUT2D eigenvalue weighted by atomic mass is 32.2. The van der Waals surface area contributed by atoms with Crippen molar-refractivity contribution < 1.29 is 23.5 Å². The molecule has 0 radical (unpaired) electrons. The molecular formula is C22H20N4O5S. The molecule has 0 spiro atoms. The Morgan fingerprint density at radius 2 is 1.94 bits per heavy atom. The van der Waals surface area contributed by atoms with Crippen LogP contribution in [0.4, 0.5) is 10.5 Å². The van der Waals surface area contributed by atoms with E-state index in [2.05, 4.69) is 15.4 Å². The first-order valence-corrected chi connectivity index (χ1v) is 10.6. The summed E-state index contributed by atoms with van der Waals surface area (Å²) in [7, 11) is 3.16. The Morgan fingerprint density at radius 3 is 2.62 bits per heavy atom. The van der Waals surface area contributed by atoms with Gasteiger partial charge in [0.1, 0.15) is 0 Å². The molecule has 0 saturated carbocycles. The molecule has 0 atom stereocenters. The number of carbonyl (C=O) groups excluding carboxylic acids is 2. The molecule has 0 fully saturated rings. The lowest BCUT2D eigenvalue weighted by atomic mass is 10.1. The number of nitrogens with zero attached hydrogens (tertiary/aromatic N) is 3. The number of methoxy groups -OCH3 is 2. The molecule has 1 N–H and O–H groups in total. The number of hydrogen-bond donors (Lipinski definition) is 1. The lowest BCUT2D eigenvalue weighted by Gasteiger charge is -2.23. The van der Waals surface area contributed by atoms with Gasteiger partial charge in [0.05, 0.1) is 32.7 Å². The van der Waals surface area contributed by atoms with Crippen LogP contribution < -0.4 is 14.8 Å². The number of anilines is 1. The third kappa shape index (κ3) is 4.75. The fraction of sp³-hybridized carbons (Fsp3) is 0.182. The van der Waals surface area contributed by atoms with Crippen molar-refractivity contribution in [1.29, 1.82) is 0 Å². The Balaban J connectivity index is 1.47. The average molecular weight is 452 g/mol. The van der Waals surface area contributed by atoms with E-state index in [1.54, 1.807) is 26.4 Å². The number of hydrazone groups is 1. The number of benzene rings is 2. The number of rotatable bonds is 7. The van der Waals surface area contributed by atoms with E-state index >= 15 is 0 Å². The van der Waals surface area contributed by atoms with E-state index in [1.165, 1.54) is 29.4 Å². The van der Waals surface area contributed by atoms with Crippen LogP contribution in [0.2, 0.25) is 0 Å². The quantitative estimate of drug-likeness (QED) is 0.577. The molecule has 2 amide bonds. The first-order chi connectivity index (χ1) is 15.6. The Kier molecular flexibility index (Phi) is 6.41. The van der Waals surface area contributed by atoms with Crippen molar-refractivity contribution in [2.24, 2.45) is 5.10 Å². The summed E-state index contributed by atoms with van der Waals surface area (Å²) in [5.74, 6) is 1.44. The van der Waals surface area contributed by atoms with Crippen LogP contribution in [0.25, 0.3) is 0 Å². The van der Waals surface area contributed by atoms with Crippen LogP contribution in [0.1, 0.15) is 21.7 Å². The molecule has 32 heavy (non-hydrogen) atoms. The molecule has 1 aliphatic rings. The third-order valence-electron chi connectivity index (χ3n) is 4.70. The molecule has 2 heterocycles. The van der Waals surface area contributed by atoms with Gasteiger partial charge in [0.25, 0.3) is 5.91 Å². The SMILES string of the molecule is COc1ccc(C2=NN(Cc3ccc(NC(=O)c4cnco4)cc3)C(=O)SC2)cc1OC. The number of nitrogens with one attached hydrogen (secondary N) is 1. The highest BCUT2D eigenvalue weighted by molar-refractivity contribution is 8.14. The van der Waals surface area contributed by atoms with Gasteiger partial charge in [0.2, 0.25) is 5.76 Å². The molecule has 3 aromatic rings. The summed E-state index contributed by atoms with van der Waals surface area (Å²) in [5, 5.41) is 8.59. The molecule has 0 saturated heterocycles. The van der Waals surface area contributed by atoms with E-state index in [-0.39, 0.29) is 16.9 Å². The zero-order valence-electron chi connectivity index (χ0n) is 17.4. The average Bonchev–Trinajstić information content (AvgIpc) is 3.36. The van der Waals surface area contributed by atoms with Gasteiger partial charge in [-0.05, 0) is 35.9 Å². The second kappa shape index (κ2) is 9.56. The molecule has 2 aromatic carbocycles. The van der Waals surface area contributed by atoms with Gasteiger partial charge in [-0.2, -0.15) is 5.10 Å². The first-order valence-electron chi connectivity index (χ1n) is 9.60. The lowest BCUT2D eigenvalue weighted by Crippen LogP contribution is -2.29. The minimum Gasteiger partial charge on any atom is -0.493 e. The van der Waals surface area contributed by atoms with Crippen LogP contribution in [0.15, 0.2) is 64.6 Å². The zero-order chi connectivity index (χ0) is 22.5.